The minimum atomic E-state index is -1.21. The summed E-state index contributed by atoms with van der Waals surface area (Å²) in [5.74, 6) is -1.68. The highest BCUT2D eigenvalue weighted by Gasteiger charge is 2.31. The predicted molar refractivity (Wildman–Crippen MR) is 118 cm³/mol. The zero-order chi connectivity index (χ0) is 22.9. The van der Waals surface area contributed by atoms with Gasteiger partial charge in [-0.3, -0.25) is 9.59 Å². The molecule has 0 radical (unpaired) electrons. The molecule has 7 nitrogen and oxygen atoms in total. The largest absolute Gasteiger partial charge is 0.444 e. The molecule has 0 aliphatic heterocycles. The maximum Gasteiger partial charge on any atom is 0.340 e. The molecule has 0 bridgehead atoms. The highest BCUT2D eigenvalue weighted by Crippen LogP contribution is 2.27. The average molecular weight is 461 g/mol. The number of rotatable bonds is 11. The van der Waals surface area contributed by atoms with Gasteiger partial charge in [0.2, 0.25) is 12.0 Å². The van der Waals surface area contributed by atoms with E-state index in [9.17, 15) is 18.8 Å². The van der Waals surface area contributed by atoms with Crippen LogP contribution in [0.4, 0.5) is 4.39 Å². The SMILES string of the molecule is COCCNC(=O)CSc1ccccc1C(=O)OC(C(=O)NC1CC1)c1ccc(F)cc1. The summed E-state index contributed by atoms with van der Waals surface area (Å²) < 4.78 is 23.8. The molecule has 2 aromatic carbocycles. The molecule has 170 valence electrons. The number of esters is 1. The van der Waals surface area contributed by atoms with Gasteiger partial charge in [-0.05, 0) is 37.1 Å². The molecule has 2 aromatic rings. The van der Waals surface area contributed by atoms with Crippen molar-refractivity contribution < 1.29 is 28.2 Å². The van der Waals surface area contributed by atoms with Gasteiger partial charge in [-0.1, -0.05) is 24.3 Å². The molecule has 1 saturated carbocycles. The fourth-order valence-corrected chi connectivity index (χ4v) is 3.70. The molecule has 1 aliphatic carbocycles. The molecule has 32 heavy (non-hydrogen) atoms. The second kappa shape index (κ2) is 11.6. The van der Waals surface area contributed by atoms with E-state index in [-0.39, 0.29) is 23.3 Å². The maximum atomic E-state index is 13.3. The molecule has 9 heteroatoms. The van der Waals surface area contributed by atoms with Crippen molar-refractivity contribution in [3.05, 3.63) is 65.5 Å². The van der Waals surface area contributed by atoms with E-state index < -0.39 is 23.8 Å². The summed E-state index contributed by atoms with van der Waals surface area (Å²) in [4.78, 5) is 38.2. The number of carbonyl (C=O) groups is 3. The van der Waals surface area contributed by atoms with E-state index in [1.165, 1.54) is 36.0 Å². The fraction of sp³-hybridized carbons (Fsp3) is 0.348. The first-order valence-electron chi connectivity index (χ1n) is 10.2. The van der Waals surface area contributed by atoms with Gasteiger partial charge in [0, 0.05) is 30.2 Å². The molecule has 0 heterocycles. The highest BCUT2D eigenvalue weighted by molar-refractivity contribution is 8.00. The van der Waals surface area contributed by atoms with E-state index in [1.54, 1.807) is 31.4 Å². The summed E-state index contributed by atoms with van der Waals surface area (Å²) in [6.45, 7) is 0.808. The van der Waals surface area contributed by atoms with E-state index in [0.717, 1.165) is 12.8 Å². The molecular formula is C23H25FN2O5S. The highest BCUT2D eigenvalue weighted by atomic mass is 32.2. The Bertz CT molecular complexity index is 950. The van der Waals surface area contributed by atoms with Crippen LogP contribution in [0.3, 0.4) is 0 Å². The summed E-state index contributed by atoms with van der Waals surface area (Å²) >= 11 is 1.19. The Balaban J connectivity index is 1.71. The maximum absolute atomic E-state index is 13.3. The zero-order valence-corrected chi connectivity index (χ0v) is 18.5. The molecule has 3 rings (SSSR count). The van der Waals surface area contributed by atoms with Gasteiger partial charge in [-0.25, -0.2) is 9.18 Å². The molecule has 2 amide bonds. The van der Waals surface area contributed by atoms with Crippen molar-refractivity contribution in [1.82, 2.24) is 10.6 Å². The fourth-order valence-electron chi connectivity index (χ4n) is 2.83. The molecular weight excluding hydrogens is 435 g/mol. The lowest BCUT2D eigenvalue weighted by molar-refractivity contribution is -0.130. The predicted octanol–water partition coefficient (Wildman–Crippen LogP) is 2.86. The molecule has 0 aromatic heterocycles. The van der Waals surface area contributed by atoms with Gasteiger partial charge in [0.05, 0.1) is 17.9 Å². The summed E-state index contributed by atoms with van der Waals surface area (Å²) in [5.41, 5.74) is 0.620. The number of nitrogens with one attached hydrogen (secondary N) is 2. The number of hydrogen-bond acceptors (Lipinski definition) is 6. The van der Waals surface area contributed by atoms with E-state index in [1.807, 2.05) is 0 Å². The minimum absolute atomic E-state index is 0.0728. The van der Waals surface area contributed by atoms with Gasteiger partial charge in [-0.15, -0.1) is 11.8 Å². The van der Waals surface area contributed by atoms with Gasteiger partial charge >= 0.3 is 5.97 Å². The number of ether oxygens (including phenoxy) is 2. The van der Waals surface area contributed by atoms with Crippen LogP contribution in [0.5, 0.6) is 0 Å². The Kier molecular flexibility index (Phi) is 8.64. The Morgan fingerprint density at radius 3 is 2.53 bits per heavy atom. The van der Waals surface area contributed by atoms with Crippen molar-refractivity contribution in [2.24, 2.45) is 0 Å². The normalized spacial score (nSPS) is 13.8. The molecule has 0 spiro atoms. The standard InChI is InChI=1S/C23H25FN2O5S/c1-30-13-12-25-20(27)14-32-19-5-3-2-4-18(19)23(29)31-21(22(28)26-17-10-11-17)15-6-8-16(24)9-7-15/h2-9,17,21H,10-14H2,1H3,(H,25,27)(H,26,28). The zero-order valence-electron chi connectivity index (χ0n) is 17.6. The van der Waals surface area contributed by atoms with Gasteiger partial charge in [0.1, 0.15) is 5.82 Å². The monoisotopic (exact) mass is 460 g/mol. The van der Waals surface area contributed by atoms with Crippen molar-refractivity contribution in [2.75, 3.05) is 26.0 Å². The minimum Gasteiger partial charge on any atom is -0.444 e. The van der Waals surface area contributed by atoms with Crippen LogP contribution in [-0.4, -0.2) is 49.8 Å². The number of hydrogen-bond donors (Lipinski definition) is 2. The van der Waals surface area contributed by atoms with Crippen LogP contribution in [0.2, 0.25) is 0 Å². The first kappa shape index (κ1) is 23.7. The summed E-state index contributed by atoms with van der Waals surface area (Å²) in [5, 5.41) is 5.54. The second-order valence-corrected chi connectivity index (χ2v) is 8.26. The molecule has 2 N–H and O–H groups in total. The van der Waals surface area contributed by atoms with Crippen LogP contribution >= 0.6 is 11.8 Å². The third-order valence-corrected chi connectivity index (χ3v) is 5.73. The van der Waals surface area contributed by atoms with Gasteiger partial charge in [0.15, 0.2) is 0 Å². The van der Waals surface area contributed by atoms with Gasteiger partial charge < -0.3 is 20.1 Å². The molecule has 1 aliphatic rings. The summed E-state index contributed by atoms with van der Waals surface area (Å²) in [7, 11) is 1.55. The quantitative estimate of drug-likeness (QED) is 0.304. The smallest absolute Gasteiger partial charge is 0.340 e. The number of amides is 2. The van der Waals surface area contributed by atoms with Crippen LogP contribution in [0.25, 0.3) is 0 Å². The number of benzene rings is 2. The number of thioether (sulfide) groups is 1. The van der Waals surface area contributed by atoms with Crippen molar-refractivity contribution in [3.8, 4) is 0 Å². The van der Waals surface area contributed by atoms with Crippen molar-refractivity contribution >= 4 is 29.5 Å². The number of methoxy groups -OCH3 is 1. The Morgan fingerprint density at radius 2 is 1.84 bits per heavy atom. The summed E-state index contributed by atoms with van der Waals surface area (Å²) in [6.07, 6.45) is 0.544. The third kappa shape index (κ3) is 7.06. The van der Waals surface area contributed by atoms with Crippen LogP contribution < -0.4 is 10.6 Å². The summed E-state index contributed by atoms with van der Waals surface area (Å²) in [6, 6.07) is 12.1. The van der Waals surface area contributed by atoms with E-state index in [0.29, 0.717) is 23.6 Å². The number of carbonyl (C=O) groups excluding carboxylic acids is 3. The molecule has 1 atom stereocenters. The lowest BCUT2D eigenvalue weighted by atomic mass is 10.1. The van der Waals surface area contributed by atoms with E-state index >= 15 is 0 Å². The van der Waals surface area contributed by atoms with Crippen molar-refractivity contribution in [1.29, 1.82) is 0 Å². The number of halogens is 1. The van der Waals surface area contributed by atoms with Crippen LogP contribution in [0.15, 0.2) is 53.4 Å². The molecule has 1 fully saturated rings. The topological polar surface area (TPSA) is 93.7 Å². The van der Waals surface area contributed by atoms with Crippen molar-refractivity contribution in [3.63, 3.8) is 0 Å². The lowest BCUT2D eigenvalue weighted by Gasteiger charge is -2.19. The first-order chi connectivity index (χ1) is 15.5. The van der Waals surface area contributed by atoms with Gasteiger partial charge in [0.25, 0.3) is 5.91 Å². The van der Waals surface area contributed by atoms with Crippen LogP contribution in [0.1, 0.15) is 34.9 Å². The average Bonchev–Trinajstić information content (AvgIpc) is 3.61. The lowest BCUT2D eigenvalue weighted by Crippen LogP contribution is -2.33. The van der Waals surface area contributed by atoms with E-state index in [2.05, 4.69) is 10.6 Å². The third-order valence-electron chi connectivity index (χ3n) is 4.65. The van der Waals surface area contributed by atoms with Gasteiger partial charge in [-0.2, -0.15) is 0 Å². The Labute approximate surface area is 190 Å². The molecule has 0 saturated heterocycles. The Hall–Kier alpha value is -2.91. The molecule has 1 unspecified atom stereocenters. The van der Waals surface area contributed by atoms with Crippen LogP contribution in [-0.2, 0) is 19.1 Å². The first-order valence-corrected chi connectivity index (χ1v) is 11.2. The second-order valence-electron chi connectivity index (χ2n) is 7.25. The Morgan fingerprint density at radius 1 is 1.12 bits per heavy atom. The van der Waals surface area contributed by atoms with Crippen LogP contribution in [0, 0.1) is 5.82 Å². The van der Waals surface area contributed by atoms with E-state index in [4.69, 9.17) is 9.47 Å². The van der Waals surface area contributed by atoms with Crippen molar-refractivity contribution in [2.45, 2.75) is 29.9 Å².